The number of nitrogens with zero attached hydrogens (tertiary/aromatic N) is 2. The molecule has 2 N–H and O–H groups in total. The molecular formula is C19H20N2O3. The highest BCUT2D eigenvalue weighted by Crippen LogP contribution is 2.21. The van der Waals surface area contributed by atoms with Crippen LogP contribution in [-0.4, -0.2) is 32.5 Å². The van der Waals surface area contributed by atoms with Crippen LogP contribution < -0.4 is 5.56 Å². The lowest BCUT2D eigenvalue weighted by atomic mass is 10.1. The SMILES string of the molecule is Cc1cc2nc(-c3ccccc3)c(=O)n(CC(O)CO)c2cc1C. The molecule has 0 saturated carbocycles. The zero-order valence-electron chi connectivity index (χ0n) is 13.7. The summed E-state index contributed by atoms with van der Waals surface area (Å²) >= 11 is 0. The molecule has 0 aliphatic carbocycles. The lowest BCUT2D eigenvalue weighted by Crippen LogP contribution is -2.30. The van der Waals surface area contributed by atoms with Crippen LogP contribution in [0.3, 0.4) is 0 Å². The molecule has 0 fully saturated rings. The second-order valence-corrected chi connectivity index (χ2v) is 6.00. The van der Waals surface area contributed by atoms with Gasteiger partial charge < -0.3 is 14.8 Å². The van der Waals surface area contributed by atoms with Crippen LogP contribution in [0.2, 0.25) is 0 Å². The van der Waals surface area contributed by atoms with Gasteiger partial charge in [-0.1, -0.05) is 30.3 Å². The zero-order valence-corrected chi connectivity index (χ0v) is 13.7. The predicted molar refractivity (Wildman–Crippen MR) is 94.0 cm³/mol. The van der Waals surface area contributed by atoms with E-state index < -0.39 is 12.7 Å². The number of aliphatic hydroxyl groups excluding tert-OH is 2. The van der Waals surface area contributed by atoms with Gasteiger partial charge in [0, 0.05) is 5.56 Å². The Kier molecular flexibility index (Phi) is 4.46. The molecule has 5 nitrogen and oxygen atoms in total. The predicted octanol–water partition coefficient (Wildman–Crippen LogP) is 2.03. The van der Waals surface area contributed by atoms with Crippen molar-refractivity contribution in [2.45, 2.75) is 26.5 Å². The third-order valence-electron chi connectivity index (χ3n) is 4.21. The van der Waals surface area contributed by atoms with Crippen molar-refractivity contribution in [2.75, 3.05) is 6.61 Å². The second kappa shape index (κ2) is 6.55. The summed E-state index contributed by atoms with van der Waals surface area (Å²) in [4.78, 5) is 17.5. The van der Waals surface area contributed by atoms with E-state index in [1.54, 1.807) is 0 Å². The summed E-state index contributed by atoms with van der Waals surface area (Å²) in [6.45, 7) is 3.59. The Labute approximate surface area is 139 Å². The van der Waals surface area contributed by atoms with Gasteiger partial charge in [0.05, 0.1) is 30.3 Å². The quantitative estimate of drug-likeness (QED) is 0.770. The number of aryl methyl sites for hydroxylation is 2. The topological polar surface area (TPSA) is 75.4 Å². The van der Waals surface area contributed by atoms with E-state index in [4.69, 9.17) is 5.11 Å². The van der Waals surface area contributed by atoms with E-state index in [0.29, 0.717) is 16.7 Å². The molecule has 3 rings (SSSR count). The first-order valence-corrected chi connectivity index (χ1v) is 7.87. The Hall–Kier alpha value is -2.50. The molecule has 1 heterocycles. The van der Waals surface area contributed by atoms with Crippen molar-refractivity contribution in [1.29, 1.82) is 0 Å². The fourth-order valence-corrected chi connectivity index (χ4v) is 2.73. The number of hydrogen-bond donors (Lipinski definition) is 2. The maximum Gasteiger partial charge on any atom is 0.277 e. The van der Waals surface area contributed by atoms with Crippen molar-refractivity contribution in [3.63, 3.8) is 0 Å². The van der Waals surface area contributed by atoms with E-state index in [1.165, 1.54) is 4.57 Å². The minimum atomic E-state index is -1.00. The van der Waals surface area contributed by atoms with Crippen molar-refractivity contribution in [3.05, 3.63) is 63.9 Å². The van der Waals surface area contributed by atoms with Crippen molar-refractivity contribution in [1.82, 2.24) is 9.55 Å². The molecule has 3 aromatic rings. The average Bonchev–Trinajstić information content (AvgIpc) is 2.59. The molecular weight excluding hydrogens is 304 g/mol. The van der Waals surface area contributed by atoms with Crippen LogP contribution in [0.5, 0.6) is 0 Å². The highest BCUT2D eigenvalue weighted by Gasteiger charge is 2.16. The summed E-state index contributed by atoms with van der Waals surface area (Å²) in [6.07, 6.45) is -1.00. The highest BCUT2D eigenvalue weighted by atomic mass is 16.3. The third-order valence-corrected chi connectivity index (χ3v) is 4.21. The lowest BCUT2D eigenvalue weighted by molar-refractivity contribution is 0.0814. The molecule has 0 aliphatic rings. The summed E-state index contributed by atoms with van der Waals surface area (Å²) in [6, 6.07) is 13.1. The van der Waals surface area contributed by atoms with Gasteiger partial charge in [-0.3, -0.25) is 4.79 Å². The van der Waals surface area contributed by atoms with Gasteiger partial charge in [0.1, 0.15) is 5.69 Å². The number of aliphatic hydroxyl groups is 2. The first-order valence-electron chi connectivity index (χ1n) is 7.87. The molecule has 0 saturated heterocycles. The van der Waals surface area contributed by atoms with Crippen LogP contribution in [0.15, 0.2) is 47.3 Å². The summed E-state index contributed by atoms with van der Waals surface area (Å²) in [5.41, 5.74) is 4.29. The van der Waals surface area contributed by atoms with E-state index >= 15 is 0 Å². The van der Waals surface area contributed by atoms with E-state index in [2.05, 4.69) is 4.98 Å². The minimum absolute atomic E-state index is 0.0245. The van der Waals surface area contributed by atoms with E-state index in [-0.39, 0.29) is 12.1 Å². The molecule has 2 aromatic carbocycles. The number of hydrogen-bond acceptors (Lipinski definition) is 4. The summed E-state index contributed by atoms with van der Waals surface area (Å²) in [5.74, 6) is 0. The maximum atomic E-state index is 12.9. The molecule has 1 aromatic heterocycles. The molecule has 0 aliphatic heterocycles. The smallest absolute Gasteiger partial charge is 0.277 e. The maximum absolute atomic E-state index is 12.9. The minimum Gasteiger partial charge on any atom is -0.394 e. The van der Waals surface area contributed by atoms with Crippen LogP contribution in [0.4, 0.5) is 0 Å². The van der Waals surface area contributed by atoms with Crippen LogP contribution in [0.25, 0.3) is 22.3 Å². The van der Waals surface area contributed by atoms with Gasteiger partial charge in [-0.2, -0.15) is 0 Å². The number of fused-ring (bicyclic) bond motifs is 1. The van der Waals surface area contributed by atoms with Crippen LogP contribution in [0.1, 0.15) is 11.1 Å². The lowest BCUT2D eigenvalue weighted by Gasteiger charge is -2.16. The monoisotopic (exact) mass is 324 g/mol. The van der Waals surface area contributed by atoms with E-state index in [1.807, 2.05) is 56.3 Å². The number of rotatable bonds is 4. The standard InChI is InChI=1S/C19H20N2O3/c1-12-8-16-17(9-13(12)2)21(10-15(23)11-22)19(24)18(20-16)14-6-4-3-5-7-14/h3-9,15,22-23H,10-11H2,1-2H3. The van der Waals surface area contributed by atoms with Gasteiger partial charge in [0.15, 0.2) is 0 Å². The van der Waals surface area contributed by atoms with E-state index in [0.717, 1.165) is 16.7 Å². The molecule has 124 valence electrons. The number of benzene rings is 2. The van der Waals surface area contributed by atoms with Crippen molar-refractivity contribution in [3.8, 4) is 11.3 Å². The Bertz CT molecular complexity index is 933. The molecule has 0 radical (unpaired) electrons. The van der Waals surface area contributed by atoms with Crippen molar-refractivity contribution < 1.29 is 10.2 Å². The summed E-state index contributed by atoms with van der Waals surface area (Å²) in [5, 5.41) is 19.0. The second-order valence-electron chi connectivity index (χ2n) is 6.00. The highest BCUT2D eigenvalue weighted by molar-refractivity contribution is 5.79. The molecule has 0 bridgehead atoms. The normalized spacial score (nSPS) is 12.5. The first kappa shape index (κ1) is 16.4. The Balaban J connectivity index is 2.33. The fraction of sp³-hybridized carbons (Fsp3) is 0.263. The molecule has 0 spiro atoms. The zero-order chi connectivity index (χ0) is 17.3. The van der Waals surface area contributed by atoms with Gasteiger partial charge in [0.2, 0.25) is 0 Å². The molecule has 24 heavy (non-hydrogen) atoms. The molecule has 1 atom stereocenters. The largest absolute Gasteiger partial charge is 0.394 e. The summed E-state index contributed by atoms with van der Waals surface area (Å²) in [7, 11) is 0. The fourth-order valence-electron chi connectivity index (χ4n) is 2.73. The molecule has 0 amide bonds. The van der Waals surface area contributed by atoms with Crippen LogP contribution >= 0.6 is 0 Å². The summed E-state index contributed by atoms with van der Waals surface area (Å²) < 4.78 is 1.50. The molecule has 5 heteroatoms. The van der Waals surface area contributed by atoms with Crippen molar-refractivity contribution in [2.24, 2.45) is 0 Å². The van der Waals surface area contributed by atoms with Gasteiger partial charge in [0.25, 0.3) is 5.56 Å². The van der Waals surface area contributed by atoms with Crippen LogP contribution in [0, 0.1) is 13.8 Å². The third kappa shape index (κ3) is 2.96. The van der Waals surface area contributed by atoms with Crippen LogP contribution in [-0.2, 0) is 6.54 Å². The Morgan fingerprint density at radius 2 is 1.79 bits per heavy atom. The number of aromatic nitrogens is 2. The van der Waals surface area contributed by atoms with Gasteiger partial charge in [-0.15, -0.1) is 0 Å². The average molecular weight is 324 g/mol. The van der Waals surface area contributed by atoms with Gasteiger partial charge >= 0.3 is 0 Å². The van der Waals surface area contributed by atoms with Gasteiger partial charge in [-0.25, -0.2) is 4.98 Å². The Morgan fingerprint density at radius 1 is 1.12 bits per heavy atom. The Morgan fingerprint density at radius 3 is 2.46 bits per heavy atom. The first-order chi connectivity index (χ1) is 11.5. The molecule has 1 unspecified atom stereocenters. The van der Waals surface area contributed by atoms with E-state index in [9.17, 15) is 9.90 Å². The van der Waals surface area contributed by atoms with Gasteiger partial charge in [-0.05, 0) is 37.1 Å². The van der Waals surface area contributed by atoms with Crippen molar-refractivity contribution >= 4 is 11.0 Å².